The van der Waals surface area contributed by atoms with Gasteiger partial charge < -0.3 is 14.6 Å². The van der Waals surface area contributed by atoms with Crippen molar-refractivity contribution in [1.82, 2.24) is 0 Å². The number of rotatable bonds is 3. The maximum Gasteiger partial charge on any atom is 0.201 e. The maximum atomic E-state index is 12.0. The number of ether oxygens (including phenoxy) is 2. The van der Waals surface area contributed by atoms with Crippen LogP contribution in [0, 0.1) is 23.7 Å². The summed E-state index contributed by atoms with van der Waals surface area (Å²) in [4.78, 5) is 24.0. The molecule has 1 N–H and O–H groups in total. The van der Waals surface area contributed by atoms with E-state index in [1.54, 1.807) is 0 Å². The van der Waals surface area contributed by atoms with Gasteiger partial charge in [-0.2, -0.15) is 0 Å². The van der Waals surface area contributed by atoms with Crippen LogP contribution in [0.3, 0.4) is 0 Å². The highest BCUT2D eigenvalue weighted by Gasteiger charge is 2.69. The molecule has 9 atom stereocenters. The van der Waals surface area contributed by atoms with E-state index < -0.39 is 23.8 Å². The Morgan fingerprint density at radius 3 is 2.79 bits per heavy atom. The molecule has 28 heavy (non-hydrogen) atoms. The zero-order valence-electron chi connectivity index (χ0n) is 17.1. The highest BCUT2D eigenvalue weighted by atomic mass is 17.3. The summed E-state index contributed by atoms with van der Waals surface area (Å²) in [5.74, 6) is 0.588. The van der Waals surface area contributed by atoms with Gasteiger partial charge in [0, 0.05) is 30.8 Å². The van der Waals surface area contributed by atoms with Crippen molar-refractivity contribution < 1.29 is 29.1 Å². The first kappa shape index (κ1) is 19.2. The number of hydrogen-bond acceptors (Lipinski definition) is 6. The largest absolute Gasteiger partial charge is 0.388 e. The molecule has 0 unspecified atom stereocenters. The lowest BCUT2D eigenvalue weighted by Crippen LogP contribution is -2.70. The molecule has 0 aromatic carbocycles. The number of hydrogen-bond donors (Lipinski definition) is 1. The summed E-state index contributed by atoms with van der Waals surface area (Å²) in [6, 6.07) is 0. The van der Waals surface area contributed by atoms with E-state index in [4.69, 9.17) is 19.2 Å². The van der Waals surface area contributed by atoms with Gasteiger partial charge in [0.1, 0.15) is 0 Å². The third kappa shape index (κ3) is 2.68. The summed E-state index contributed by atoms with van der Waals surface area (Å²) < 4.78 is 12.8. The molecule has 4 aliphatic heterocycles. The average Bonchev–Trinajstić information content (AvgIpc) is 2.96. The lowest BCUT2D eigenvalue weighted by atomic mass is 9.57. The number of aliphatic hydroxyl groups excluding tert-OH is 1. The van der Waals surface area contributed by atoms with Crippen molar-refractivity contribution >= 4 is 5.78 Å². The quantitative estimate of drug-likeness (QED) is 0.743. The Bertz CT molecular complexity index is 691. The summed E-state index contributed by atoms with van der Waals surface area (Å²) in [6.45, 7) is 6.41. The predicted octanol–water partition coefficient (Wildman–Crippen LogP) is 3.28. The molecule has 2 bridgehead atoms. The van der Waals surface area contributed by atoms with Crippen LogP contribution in [-0.4, -0.2) is 40.8 Å². The van der Waals surface area contributed by atoms with Gasteiger partial charge in [0.2, 0.25) is 5.79 Å². The summed E-state index contributed by atoms with van der Waals surface area (Å²) in [7, 11) is 0. The monoisotopic (exact) mass is 392 g/mol. The lowest BCUT2D eigenvalue weighted by molar-refractivity contribution is -0.571. The minimum absolute atomic E-state index is 0.0630. The second kappa shape index (κ2) is 6.61. The van der Waals surface area contributed by atoms with Crippen LogP contribution in [0.4, 0.5) is 0 Å². The second-order valence-electron chi connectivity index (χ2n) is 9.82. The molecule has 1 spiro atoms. The van der Waals surface area contributed by atoms with E-state index in [9.17, 15) is 9.90 Å². The zero-order chi connectivity index (χ0) is 19.7. The molecular weight excluding hydrogens is 360 g/mol. The number of aliphatic hydroxyl groups is 1. The number of fused-ring (bicyclic) bond motifs is 2. The topological polar surface area (TPSA) is 74.2 Å². The summed E-state index contributed by atoms with van der Waals surface area (Å²) >= 11 is 0. The molecular formula is C22H32O6. The molecule has 0 aromatic rings. The molecule has 6 rings (SSSR count). The van der Waals surface area contributed by atoms with Crippen LogP contribution in [0.2, 0.25) is 0 Å². The Balaban J connectivity index is 1.44. The zero-order valence-corrected chi connectivity index (χ0v) is 17.1. The summed E-state index contributed by atoms with van der Waals surface area (Å²) in [6.07, 6.45) is 6.09. The molecule has 0 radical (unpaired) electrons. The van der Waals surface area contributed by atoms with Gasteiger partial charge in [-0.3, -0.25) is 4.79 Å². The van der Waals surface area contributed by atoms with Gasteiger partial charge in [0.25, 0.3) is 0 Å². The van der Waals surface area contributed by atoms with Crippen LogP contribution in [0.15, 0.2) is 11.6 Å². The molecule has 0 aromatic heterocycles. The number of allylic oxidation sites excluding steroid dienone is 1. The van der Waals surface area contributed by atoms with E-state index in [2.05, 4.69) is 13.8 Å². The molecule has 6 nitrogen and oxygen atoms in total. The van der Waals surface area contributed by atoms with Crippen molar-refractivity contribution in [2.75, 3.05) is 0 Å². The molecule has 6 aliphatic rings. The fourth-order valence-corrected chi connectivity index (χ4v) is 6.53. The van der Waals surface area contributed by atoms with E-state index >= 15 is 0 Å². The Morgan fingerprint density at radius 1 is 1.21 bits per heavy atom. The van der Waals surface area contributed by atoms with Crippen molar-refractivity contribution in [2.24, 2.45) is 23.7 Å². The summed E-state index contributed by atoms with van der Waals surface area (Å²) in [5, 5.41) is 10.7. The molecule has 4 heterocycles. The highest BCUT2D eigenvalue weighted by Crippen LogP contribution is 2.60. The number of ketones is 1. The van der Waals surface area contributed by atoms with E-state index in [1.165, 1.54) is 0 Å². The molecule has 156 valence electrons. The first-order valence-electron chi connectivity index (χ1n) is 11.0. The Kier molecular flexibility index (Phi) is 4.53. The number of carbonyl (C=O) groups is 1. The van der Waals surface area contributed by atoms with Crippen molar-refractivity contribution in [1.29, 1.82) is 0 Å². The van der Waals surface area contributed by atoms with Crippen LogP contribution in [0.1, 0.15) is 65.7 Å². The third-order valence-electron chi connectivity index (χ3n) is 8.17. The van der Waals surface area contributed by atoms with Crippen LogP contribution in [0.5, 0.6) is 0 Å². The standard InChI is InChI=1S/C22H32O6/c1-12-7-8-16-13(2)19(11-18(24)14-5-4-6-17(14)23)25-20-22(16)15(12)9-10-21(3,26-20)27-28-22/h5,12-13,15-16,18-20,24H,4,6-11H2,1-3H3/t12-,13-,15+,16+,18+,19-,20-,21-,22-/m1/s1. The fraction of sp³-hybridized carbons (Fsp3) is 0.864. The molecule has 0 amide bonds. The van der Waals surface area contributed by atoms with E-state index in [1.807, 2.05) is 13.0 Å². The first-order valence-corrected chi connectivity index (χ1v) is 11.0. The van der Waals surface area contributed by atoms with Gasteiger partial charge in [-0.1, -0.05) is 19.9 Å². The van der Waals surface area contributed by atoms with Crippen LogP contribution in [0.25, 0.3) is 0 Å². The van der Waals surface area contributed by atoms with Gasteiger partial charge in [-0.05, 0) is 50.4 Å². The average molecular weight is 392 g/mol. The van der Waals surface area contributed by atoms with Crippen LogP contribution >= 0.6 is 0 Å². The van der Waals surface area contributed by atoms with Gasteiger partial charge in [-0.25, -0.2) is 9.78 Å². The van der Waals surface area contributed by atoms with Crippen molar-refractivity contribution in [2.45, 2.75) is 95.6 Å². The van der Waals surface area contributed by atoms with E-state index in [0.29, 0.717) is 30.3 Å². The van der Waals surface area contributed by atoms with Crippen LogP contribution < -0.4 is 0 Å². The highest BCUT2D eigenvalue weighted by molar-refractivity contribution is 5.98. The van der Waals surface area contributed by atoms with Crippen molar-refractivity contribution in [3.63, 3.8) is 0 Å². The maximum absolute atomic E-state index is 12.0. The summed E-state index contributed by atoms with van der Waals surface area (Å²) in [5.41, 5.74) is -0.0159. The smallest absolute Gasteiger partial charge is 0.201 e. The fourth-order valence-electron chi connectivity index (χ4n) is 6.53. The van der Waals surface area contributed by atoms with E-state index in [0.717, 1.165) is 32.1 Å². The number of carbonyl (C=O) groups excluding carboxylic acids is 1. The van der Waals surface area contributed by atoms with Crippen molar-refractivity contribution in [3.8, 4) is 0 Å². The molecule has 2 aliphatic carbocycles. The minimum atomic E-state index is -0.786. The van der Waals surface area contributed by atoms with Gasteiger partial charge in [-0.15, -0.1) is 0 Å². The molecule has 5 fully saturated rings. The number of Topliss-reactive ketones (excluding diaryl/α,β-unsaturated/α-hetero) is 1. The Morgan fingerprint density at radius 2 is 2.04 bits per heavy atom. The molecule has 1 saturated carbocycles. The van der Waals surface area contributed by atoms with Gasteiger partial charge >= 0.3 is 0 Å². The first-order chi connectivity index (χ1) is 13.3. The Labute approximate surface area is 166 Å². The van der Waals surface area contributed by atoms with Gasteiger partial charge in [0.15, 0.2) is 17.7 Å². The third-order valence-corrected chi connectivity index (χ3v) is 8.17. The molecule has 4 saturated heterocycles. The van der Waals surface area contributed by atoms with Crippen LogP contribution in [-0.2, 0) is 24.0 Å². The normalized spacial score (nSPS) is 51.4. The van der Waals surface area contributed by atoms with Gasteiger partial charge in [0.05, 0.1) is 12.2 Å². The predicted molar refractivity (Wildman–Crippen MR) is 99.8 cm³/mol. The second-order valence-corrected chi connectivity index (χ2v) is 9.82. The van der Waals surface area contributed by atoms with Crippen molar-refractivity contribution in [3.05, 3.63) is 11.6 Å². The Hall–Kier alpha value is -0.790. The lowest BCUT2D eigenvalue weighted by Gasteiger charge is -2.60. The molecule has 6 heteroatoms. The van der Waals surface area contributed by atoms with E-state index in [-0.39, 0.29) is 23.7 Å². The SMILES string of the molecule is C[C@H]1[C@@H](C[C@H](O)C2=CCCC2=O)O[C@@H]2O[C@@]3(C)CC[C@H]4[C@H](C)CC[C@@H]1[C@@]24OO3. The minimum Gasteiger partial charge on any atom is -0.388 e.